The molecular weight excluding hydrogens is 399 g/mol. The van der Waals surface area contributed by atoms with Gasteiger partial charge in [-0.3, -0.25) is 4.90 Å². The summed E-state index contributed by atoms with van der Waals surface area (Å²) < 4.78 is 37.0. The second-order valence-corrected chi connectivity index (χ2v) is 8.84. The van der Waals surface area contributed by atoms with Crippen molar-refractivity contribution >= 4 is 5.57 Å². The lowest BCUT2D eigenvalue weighted by Crippen LogP contribution is -2.34. The van der Waals surface area contributed by atoms with Crippen molar-refractivity contribution in [2.24, 2.45) is 5.92 Å². The van der Waals surface area contributed by atoms with Gasteiger partial charge in [0.15, 0.2) is 0 Å². The van der Waals surface area contributed by atoms with E-state index in [2.05, 4.69) is 35.0 Å². The van der Waals surface area contributed by atoms with Crippen molar-refractivity contribution in [2.45, 2.75) is 63.6 Å². The number of hydrogen-bond acceptors (Lipinski definition) is 3. The van der Waals surface area contributed by atoms with E-state index in [9.17, 15) is 13.2 Å². The summed E-state index contributed by atoms with van der Waals surface area (Å²) >= 11 is 0. The van der Waals surface area contributed by atoms with Crippen LogP contribution in [0.1, 0.15) is 62.5 Å². The summed E-state index contributed by atoms with van der Waals surface area (Å²) in [5.41, 5.74) is 3.69. The summed E-state index contributed by atoms with van der Waals surface area (Å²) in [5, 5.41) is 12.3. The van der Waals surface area contributed by atoms with Gasteiger partial charge in [0.25, 0.3) is 0 Å². The van der Waals surface area contributed by atoms with Gasteiger partial charge in [0.05, 0.1) is 11.6 Å². The van der Waals surface area contributed by atoms with Gasteiger partial charge in [-0.2, -0.15) is 18.4 Å². The Morgan fingerprint density at radius 2 is 2.00 bits per heavy atom. The fraction of sp³-hybridized carbons (Fsp3) is 0.560. The Morgan fingerprint density at radius 1 is 1.23 bits per heavy atom. The molecule has 0 saturated heterocycles. The maximum atomic E-state index is 12.3. The van der Waals surface area contributed by atoms with Gasteiger partial charge in [-0.25, -0.2) is 0 Å². The molecule has 1 aliphatic carbocycles. The lowest BCUT2D eigenvalue weighted by molar-refractivity contribution is -0.134. The molecule has 31 heavy (non-hydrogen) atoms. The number of rotatable bonds is 8. The Morgan fingerprint density at radius 3 is 2.65 bits per heavy atom. The van der Waals surface area contributed by atoms with Gasteiger partial charge in [-0.05, 0) is 80.7 Å². The molecule has 1 aromatic carbocycles. The molecule has 1 aromatic rings. The van der Waals surface area contributed by atoms with Crippen LogP contribution in [0.5, 0.6) is 0 Å². The van der Waals surface area contributed by atoms with E-state index in [1.54, 1.807) is 0 Å². The summed E-state index contributed by atoms with van der Waals surface area (Å²) in [6, 6.07) is 10.3. The van der Waals surface area contributed by atoms with Crippen LogP contribution in [0.4, 0.5) is 13.2 Å². The van der Waals surface area contributed by atoms with E-state index in [1.165, 1.54) is 12.0 Å². The van der Waals surface area contributed by atoms with Gasteiger partial charge in [0.2, 0.25) is 0 Å². The highest BCUT2D eigenvalue weighted by atomic mass is 19.4. The Balaban J connectivity index is 1.34. The Labute approximate surface area is 183 Å². The predicted molar refractivity (Wildman–Crippen MR) is 118 cm³/mol. The molecule has 3 nitrogen and oxygen atoms in total. The number of nitrogens with zero attached hydrogens (tertiary/aromatic N) is 2. The van der Waals surface area contributed by atoms with Crippen molar-refractivity contribution in [1.29, 1.82) is 5.26 Å². The number of benzene rings is 1. The normalized spacial score (nSPS) is 22.5. The smallest absolute Gasteiger partial charge is 0.386 e. The van der Waals surface area contributed by atoms with Crippen LogP contribution in [0.25, 0.3) is 5.57 Å². The highest BCUT2D eigenvalue weighted by molar-refractivity contribution is 5.67. The van der Waals surface area contributed by atoms with Crippen molar-refractivity contribution in [3.05, 3.63) is 53.7 Å². The largest absolute Gasteiger partial charge is 0.389 e. The quantitative estimate of drug-likeness (QED) is 0.545. The van der Waals surface area contributed by atoms with Crippen molar-refractivity contribution in [3.8, 4) is 6.07 Å². The Hall–Kier alpha value is -2.26. The van der Waals surface area contributed by atoms with Crippen LogP contribution in [-0.4, -0.2) is 36.8 Å². The maximum Gasteiger partial charge on any atom is 0.389 e. The molecule has 0 unspecified atom stereocenters. The molecule has 1 N–H and O–H groups in total. The minimum atomic E-state index is -4.12. The molecule has 0 aromatic heterocycles. The fourth-order valence-electron chi connectivity index (χ4n) is 4.58. The molecule has 0 radical (unpaired) electrons. The molecular formula is C25H32F3N3. The molecule has 168 valence electrons. The molecule has 0 bridgehead atoms. The van der Waals surface area contributed by atoms with Crippen LogP contribution in [0, 0.1) is 17.2 Å². The maximum absolute atomic E-state index is 12.3. The molecule has 6 heteroatoms. The van der Waals surface area contributed by atoms with Crippen LogP contribution in [0.2, 0.25) is 0 Å². The van der Waals surface area contributed by atoms with E-state index in [1.807, 2.05) is 18.2 Å². The second kappa shape index (κ2) is 10.9. The van der Waals surface area contributed by atoms with Crippen LogP contribution in [0.15, 0.2) is 42.6 Å². The molecule has 1 aliphatic heterocycles. The van der Waals surface area contributed by atoms with Gasteiger partial charge in [0, 0.05) is 31.2 Å². The first-order chi connectivity index (χ1) is 14.8. The number of allylic oxidation sites excluding steroid dienone is 1. The first-order valence-corrected chi connectivity index (χ1v) is 11.3. The highest BCUT2D eigenvalue weighted by Gasteiger charge is 2.27. The lowest BCUT2D eigenvalue weighted by Gasteiger charge is -2.32. The van der Waals surface area contributed by atoms with Crippen molar-refractivity contribution in [3.63, 3.8) is 0 Å². The minimum Gasteiger partial charge on any atom is -0.386 e. The van der Waals surface area contributed by atoms with E-state index in [-0.39, 0.29) is 12.5 Å². The second-order valence-electron chi connectivity index (χ2n) is 8.84. The van der Waals surface area contributed by atoms with Gasteiger partial charge in [0.1, 0.15) is 0 Å². The van der Waals surface area contributed by atoms with Crippen LogP contribution in [0.3, 0.4) is 0 Å². The van der Waals surface area contributed by atoms with E-state index in [0.717, 1.165) is 57.3 Å². The molecule has 0 spiro atoms. The van der Waals surface area contributed by atoms with Crippen LogP contribution < -0.4 is 5.32 Å². The zero-order valence-corrected chi connectivity index (χ0v) is 18.1. The van der Waals surface area contributed by atoms with Gasteiger partial charge < -0.3 is 5.32 Å². The number of nitriles is 1. The van der Waals surface area contributed by atoms with Crippen molar-refractivity contribution < 1.29 is 13.2 Å². The zero-order chi connectivity index (χ0) is 22.3. The fourth-order valence-corrected chi connectivity index (χ4v) is 4.58. The minimum absolute atomic E-state index is 0.0330. The lowest BCUT2D eigenvalue weighted by atomic mass is 9.83. The molecule has 1 saturated carbocycles. The van der Waals surface area contributed by atoms with Crippen LogP contribution >= 0.6 is 0 Å². The molecule has 0 atom stereocenters. The average molecular weight is 432 g/mol. The van der Waals surface area contributed by atoms with Crippen molar-refractivity contribution in [1.82, 2.24) is 10.2 Å². The molecule has 2 aliphatic rings. The standard InChI is InChI=1S/C25H32F3N3/c1-19(9-13-25(26,27)28)30-24-7-5-20(6-8-24)10-14-31-15-11-22(12-16-31)23-4-2-3-21(17-23)18-29/h2-4,11,17,20,24,30H,1,5-10,12-16H2. The number of nitrogens with one attached hydrogen (secondary N) is 1. The monoisotopic (exact) mass is 431 g/mol. The highest BCUT2D eigenvalue weighted by Crippen LogP contribution is 2.29. The Bertz CT molecular complexity index is 814. The summed E-state index contributed by atoms with van der Waals surface area (Å²) in [7, 11) is 0. The first kappa shape index (κ1) is 23.4. The average Bonchev–Trinajstić information content (AvgIpc) is 2.77. The third kappa shape index (κ3) is 7.74. The van der Waals surface area contributed by atoms with E-state index in [4.69, 9.17) is 5.26 Å². The topological polar surface area (TPSA) is 39.1 Å². The van der Waals surface area contributed by atoms with E-state index < -0.39 is 12.6 Å². The molecule has 1 fully saturated rings. The summed E-state index contributed by atoms with van der Waals surface area (Å²) in [6.07, 6.45) is 3.78. The Kier molecular flexibility index (Phi) is 8.20. The van der Waals surface area contributed by atoms with Crippen LogP contribution in [-0.2, 0) is 0 Å². The van der Waals surface area contributed by atoms with Gasteiger partial charge >= 0.3 is 6.18 Å². The van der Waals surface area contributed by atoms with E-state index >= 15 is 0 Å². The first-order valence-electron chi connectivity index (χ1n) is 11.3. The van der Waals surface area contributed by atoms with Crippen molar-refractivity contribution in [2.75, 3.05) is 19.6 Å². The summed E-state index contributed by atoms with van der Waals surface area (Å²) in [6.45, 7) is 6.84. The van der Waals surface area contributed by atoms with E-state index in [0.29, 0.717) is 17.2 Å². The SMILES string of the molecule is C=C(CCC(F)(F)F)NC1CCC(CCN2CC=C(c3cccc(C#N)c3)CC2)CC1. The summed E-state index contributed by atoms with van der Waals surface area (Å²) in [5.74, 6) is 0.694. The predicted octanol–water partition coefficient (Wildman–Crippen LogP) is 6.04. The zero-order valence-electron chi connectivity index (χ0n) is 18.1. The molecule has 0 amide bonds. The summed E-state index contributed by atoms with van der Waals surface area (Å²) in [4.78, 5) is 2.49. The van der Waals surface area contributed by atoms with Gasteiger partial charge in [-0.15, -0.1) is 0 Å². The van der Waals surface area contributed by atoms with Gasteiger partial charge in [-0.1, -0.05) is 24.8 Å². The number of hydrogen-bond donors (Lipinski definition) is 1. The third-order valence-corrected chi connectivity index (χ3v) is 6.47. The number of halogens is 3. The molecule has 1 heterocycles. The number of alkyl halides is 3. The molecule has 3 rings (SSSR count). The third-order valence-electron chi connectivity index (χ3n) is 6.47.